The molecule has 0 aliphatic rings. The molecule has 2 rings (SSSR count). The van der Waals surface area contributed by atoms with Gasteiger partial charge in [0.1, 0.15) is 11.8 Å². The van der Waals surface area contributed by atoms with Gasteiger partial charge in [0.25, 0.3) is 0 Å². The van der Waals surface area contributed by atoms with Gasteiger partial charge in [0.2, 0.25) is 0 Å². The van der Waals surface area contributed by atoms with Crippen molar-refractivity contribution in [1.29, 1.82) is 0 Å². The van der Waals surface area contributed by atoms with Crippen LogP contribution in [0.3, 0.4) is 0 Å². The minimum atomic E-state index is 0.381. The molecule has 0 amide bonds. The number of fused-ring (bicyclic) bond motifs is 1. The minimum absolute atomic E-state index is 0.381. The third-order valence-corrected chi connectivity index (χ3v) is 1.91. The first-order valence-electron chi connectivity index (χ1n) is 4.10. The standard InChI is InChI=1S/C10H9NO2/c1-7-11-9-4-2-3-8(5-6-12)10(9)13-7/h2-4,6H,5H2,1H3. The largest absolute Gasteiger partial charge is 0.441 e. The van der Waals surface area contributed by atoms with Crippen molar-refractivity contribution in [3.05, 3.63) is 29.7 Å². The molecule has 0 N–H and O–H groups in total. The second-order valence-corrected chi connectivity index (χ2v) is 2.87. The van der Waals surface area contributed by atoms with Gasteiger partial charge in [0, 0.05) is 18.9 Å². The van der Waals surface area contributed by atoms with Crippen LogP contribution in [0, 0.1) is 6.92 Å². The molecule has 0 saturated heterocycles. The molecule has 13 heavy (non-hydrogen) atoms. The van der Waals surface area contributed by atoms with Crippen LogP contribution in [0.4, 0.5) is 0 Å². The van der Waals surface area contributed by atoms with Crippen LogP contribution in [-0.2, 0) is 11.2 Å². The average Bonchev–Trinajstić information content (AvgIpc) is 2.47. The topological polar surface area (TPSA) is 43.1 Å². The molecule has 0 saturated carbocycles. The van der Waals surface area contributed by atoms with Gasteiger partial charge in [-0.15, -0.1) is 0 Å². The van der Waals surface area contributed by atoms with E-state index in [4.69, 9.17) is 4.42 Å². The number of nitrogens with zero attached hydrogens (tertiary/aromatic N) is 1. The van der Waals surface area contributed by atoms with E-state index in [0.29, 0.717) is 12.3 Å². The van der Waals surface area contributed by atoms with Gasteiger partial charge in [0.05, 0.1) is 0 Å². The van der Waals surface area contributed by atoms with Crippen molar-refractivity contribution < 1.29 is 9.21 Å². The lowest BCUT2D eigenvalue weighted by Gasteiger charge is -1.93. The van der Waals surface area contributed by atoms with Crippen LogP contribution < -0.4 is 0 Å². The molecule has 3 heteroatoms. The maximum absolute atomic E-state index is 10.4. The molecule has 66 valence electrons. The van der Waals surface area contributed by atoms with Crippen LogP contribution in [0.1, 0.15) is 11.5 Å². The van der Waals surface area contributed by atoms with Gasteiger partial charge in [-0.05, 0) is 6.07 Å². The van der Waals surface area contributed by atoms with Crippen molar-refractivity contribution in [2.45, 2.75) is 13.3 Å². The smallest absolute Gasteiger partial charge is 0.192 e. The number of aromatic nitrogens is 1. The van der Waals surface area contributed by atoms with Crippen LogP contribution >= 0.6 is 0 Å². The van der Waals surface area contributed by atoms with Gasteiger partial charge in [0.15, 0.2) is 11.5 Å². The van der Waals surface area contributed by atoms with Gasteiger partial charge >= 0.3 is 0 Å². The summed E-state index contributed by atoms with van der Waals surface area (Å²) in [5.41, 5.74) is 2.44. The number of rotatable bonds is 2. The Labute approximate surface area is 75.4 Å². The van der Waals surface area contributed by atoms with Gasteiger partial charge < -0.3 is 9.21 Å². The summed E-state index contributed by atoms with van der Waals surface area (Å²) in [7, 11) is 0. The highest BCUT2D eigenvalue weighted by atomic mass is 16.3. The minimum Gasteiger partial charge on any atom is -0.441 e. The van der Waals surface area contributed by atoms with E-state index in [1.165, 1.54) is 0 Å². The second kappa shape index (κ2) is 3.01. The Morgan fingerprint density at radius 2 is 2.38 bits per heavy atom. The van der Waals surface area contributed by atoms with Crippen molar-refractivity contribution in [3.8, 4) is 0 Å². The molecule has 0 bridgehead atoms. The summed E-state index contributed by atoms with van der Waals surface area (Å²) in [5, 5.41) is 0. The van der Waals surface area contributed by atoms with Gasteiger partial charge in [-0.1, -0.05) is 12.1 Å². The Morgan fingerprint density at radius 1 is 1.54 bits per heavy atom. The number of aryl methyl sites for hydroxylation is 1. The van der Waals surface area contributed by atoms with E-state index in [-0.39, 0.29) is 0 Å². The first-order valence-corrected chi connectivity index (χ1v) is 4.10. The molecular formula is C10H9NO2. The van der Waals surface area contributed by atoms with Crippen molar-refractivity contribution in [3.63, 3.8) is 0 Å². The summed E-state index contributed by atoms with van der Waals surface area (Å²) < 4.78 is 5.38. The van der Waals surface area contributed by atoms with Crippen molar-refractivity contribution >= 4 is 17.4 Å². The maximum Gasteiger partial charge on any atom is 0.192 e. The number of hydrogen-bond acceptors (Lipinski definition) is 3. The fourth-order valence-electron chi connectivity index (χ4n) is 1.37. The zero-order chi connectivity index (χ0) is 9.26. The first kappa shape index (κ1) is 7.98. The number of para-hydroxylation sites is 1. The van der Waals surface area contributed by atoms with E-state index in [0.717, 1.165) is 22.9 Å². The molecule has 0 aliphatic heterocycles. The zero-order valence-corrected chi connectivity index (χ0v) is 7.28. The number of carbonyl (C=O) groups is 1. The van der Waals surface area contributed by atoms with Crippen LogP contribution in [0.2, 0.25) is 0 Å². The quantitative estimate of drug-likeness (QED) is 0.654. The van der Waals surface area contributed by atoms with Crippen molar-refractivity contribution in [2.75, 3.05) is 0 Å². The highest BCUT2D eigenvalue weighted by molar-refractivity contribution is 5.78. The molecule has 0 unspecified atom stereocenters. The average molecular weight is 175 g/mol. The number of oxazole rings is 1. The molecule has 2 aromatic rings. The molecule has 1 aromatic carbocycles. The molecule has 0 fully saturated rings. The summed E-state index contributed by atoms with van der Waals surface area (Å²) >= 11 is 0. The maximum atomic E-state index is 10.4. The van der Waals surface area contributed by atoms with Crippen molar-refractivity contribution in [2.24, 2.45) is 0 Å². The Kier molecular flexibility index (Phi) is 1.85. The fraction of sp³-hybridized carbons (Fsp3) is 0.200. The Hall–Kier alpha value is -1.64. The number of benzene rings is 1. The Balaban J connectivity index is 2.67. The van der Waals surface area contributed by atoms with Crippen LogP contribution in [-0.4, -0.2) is 11.3 Å². The molecule has 1 aromatic heterocycles. The third-order valence-electron chi connectivity index (χ3n) is 1.91. The zero-order valence-electron chi connectivity index (χ0n) is 7.28. The first-order chi connectivity index (χ1) is 6.31. The highest BCUT2D eigenvalue weighted by Crippen LogP contribution is 2.19. The van der Waals surface area contributed by atoms with Gasteiger partial charge in [-0.3, -0.25) is 0 Å². The summed E-state index contributed by atoms with van der Waals surface area (Å²) in [6, 6.07) is 5.63. The number of aldehydes is 1. The van der Waals surface area contributed by atoms with Crippen LogP contribution in [0.5, 0.6) is 0 Å². The highest BCUT2D eigenvalue weighted by Gasteiger charge is 2.05. The van der Waals surface area contributed by atoms with Gasteiger partial charge in [-0.2, -0.15) is 0 Å². The van der Waals surface area contributed by atoms with E-state index >= 15 is 0 Å². The van der Waals surface area contributed by atoms with E-state index in [1.807, 2.05) is 18.2 Å². The molecule has 0 radical (unpaired) electrons. The molecule has 0 aliphatic carbocycles. The van der Waals surface area contributed by atoms with Gasteiger partial charge in [-0.25, -0.2) is 4.98 Å². The molecule has 3 nitrogen and oxygen atoms in total. The summed E-state index contributed by atoms with van der Waals surface area (Å²) in [6.07, 6.45) is 1.25. The van der Waals surface area contributed by atoms with Crippen molar-refractivity contribution in [1.82, 2.24) is 4.98 Å². The predicted molar refractivity (Wildman–Crippen MR) is 48.5 cm³/mol. The second-order valence-electron chi connectivity index (χ2n) is 2.87. The molecule has 0 atom stereocenters. The summed E-state index contributed by atoms with van der Waals surface area (Å²) in [5.74, 6) is 0.633. The van der Waals surface area contributed by atoms with Crippen LogP contribution in [0.15, 0.2) is 22.6 Å². The predicted octanol–water partition coefficient (Wildman–Crippen LogP) is 1.88. The molecule has 0 spiro atoms. The monoisotopic (exact) mass is 175 g/mol. The number of carbonyl (C=O) groups excluding carboxylic acids is 1. The number of hydrogen-bond donors (Lipinski definition) is 0. The third kappa shape index (κ3) is 1.33. The lowest BCUT2D eigenvalue weighted by atomic mass is 10.1. The SMILES string of the molecule is Cc1nc2cccc(CC=O)c2o1. The van der Waals surface area contributed by atoms with E-state index in [1.54, 1.807) is 6.92 Å². The Morgan fingerprint density at radius 3 is 3.15 bits per heavy atom. The summed E-state index contributed by atoms with van der Waals surface area (Å²) in [4.78, 5) is 14.5. The molecule has 1 heterocycles. The summed E-state index contributed by atoms with van der Waals surface area (Å²) in [6.45, 7) is 1.80. The lowest BCUT2D eigenvalue weighted by molar-refractivity contribution is -0.107. The lowest BCUT2D eigenvalue weighted by Crippen LogP contribution is -1.85. The van der Waals surface area contributed by atoms with E-state index in [2.05, 4.69) is 4.98 Å². The Bertz CT molecular complexity index is 445. The molecular weight excluding hydrogens is 166 g/mol. The normalized spacial score (nSPS) is 10.5. The van der Waals surface area contributed by atoms with Crippen LogP contribution in [0.25, 0.3) is 11.1 Å². The van der Waals surface area contributed by atoms with E-state index < -0.39 is 0 Å². The fourth-order valence-corrected chi connectivity index (χ4v) is 1.37. The van der Waals surface area contributed by atoms with E-state index in [9.17, 15) is 4.79 Å².